The Balaban J connectivity index is 1.92. The fraction of sp³-hybridized carbons (Fsp3) is 0.208. The van der Waals surface area contributed by atoms with E-state index in [0.29, 0.717) is 36.1 Å². The molecule has 0 heterocycles. The van der Waals surface area contributed by atoms with E-state index in [4.69, 9.17) is 9.47 Å². The van der Waals surface area contributed by atoms with Crippen molar-refractivity contribution in [1.82, 2.24) is 0 Å². The van der Waals surface area contributed by atoms with Gasteiger partial charge in [-0.1, -0.05) is 30.3 Å². The van der Waals surface area contributed by atoms with Gasteiger partial charge < -0.3 is 14.8 Å². The summed E-state index contributed by atoms with van der Waals surface area (Å²) in [6.07, 6.45) is 0. The van der Waals surface area contributed by atoms with Crippen molar-refractivity contribution in [3.8, 4) is 11.5 Å². The summed E-state index contributed by atoms with van der Waals surface area (Å²) in [6, 6.07) is 21.6. The zero-order valence-electron chi connectivity index (χ0n) is 18.0. The summed E-state index contributed by atoms with van der Waals surface area (Å²) >= 11 is 0. The Bertz CT molecular complexity index is 1130. The first-order valence-corrected chi connectivity index (χ1v) is 11.7. The summed E-state index contributed by atoms with van der Waals surface area (Å²) in [5.74, 6) is 0.577. The van der Waals surface area contributed by atoms with Crippen LogP contribution >= 0.6 is 0 Å². The Morgan fingerprint density at radius 1 is 0.844 bits per heavy atom. The summed E-state index contributed by atoms with van der Waals surface area (Å²) in [5.41, 5.74) is 0.827. The third-order valence-corrected chi connectivity index (χ3v) is 6.28. The number of ether oxygens (including phenoxy) is 2. The summed E-state index contributed by atoms with van der Waals surface area (Å²) in [7, 11) is -4.02. The van der Waals surface area contributed by atoms with Crippen LogP contribution in [0.5, 0.6) is 11.5 Å². The van der Waals surface area contributed by atoms with Gasteiger partial charge in [-0.05, 0) is 62.4 Å². The van der Waals surface area contributed by atoms with Crippen molar-refractivity contribution in [2.24, 2.45) is 0 Å². The largest absolute Gasteiger partial charge is 0.494 e. The SMILES string of the molecule is CCOc1ccc(NC(=O)CN(c2ccccc2OCC)S(=O)(=O)c2ccccc2)cc1. The molecule has 0 aliphatic rings. The minimum absolute atomic E-state index is 0.0835. The van der Waals surface area contributed by atoms with Crippen molar-refractivity contribution in [2.75, 3.05) is 29.4 Å². The molecule has 0 aliphatic heterocycles. The Morgan fingerprint density at radius 3 is 2.12 bits per heavy atom. The Kier molecular flexibility index (Phi) is 7.72. The van der Waals surface area contributed by atoms with E-state index in [1.807, 2.05) is 13.8 Å². The van der Waals surface area contributed by atoms with Crippen molar-refractivity contribution in [1.29, 1.82) is 0 Å². The second-order valence-electron chi connectivity index (χ2n) is 6.73. The van der Waals surface area contributed by atoms with Crippen LogP contribution in [0.4, 0.5) is 11.4 Å². The minimum Gasteiger partial charge on any atom is -0.494 e. The first kappa shape index (κ1) is 23.1. The molecule has 8 heteroatoms. The van der Waals surface area contributed by atoms with Crippen molar-refractivity contribution in [3.63, 3.8) is 0 Å². The van der Waals surface area contributed by atoms with Crippen LogP contribution in [0, 0.1) is 0 Å². The quantitative estimate of drug-likeness (QED) is 0.493. The van der Waals surface area contributed by atoms with Crippen LogP contribution in [-0.4, -0.2) is 34.1 Å². The third kappa shape index (κ3) is 5.59. The van der Waals surface area contributed by atoms with Gasteiger partial charge in [-0.3, -0.25) is 9.10 Å². The first-order valence-electron chi connectivity index (χ1n) is 10.3. The lowest BCUT2D eigenvalue weighted by Crippen LogP contribution is -2.38. The topological polar surface area (TPSA) is 84.9 Å². The molecule has 7 nitrogen and oxygen atoms in total. The number of nitrogens with one attached hydrogen (secondary N) is 1. The van der Waals surface area contributed by atoms with E-state index >= 15 is 0 Å². The summed E-state index contributed by atoms with van der Waals surface area (Å²) in [6.45, 7) is 4.17. The summed E-state index contributed by atoms with van der Waals surface area (Å²) < 4.78 is 39.0. The smallest absolute Gasteiger partial charge is 0.264 e. The van der Waals surface area contributed by atoms with E-state index in [9.17, 15) is 13.2 Å². The van der Waals surface area contributed by atoms with Crippen LogP contribution < -0.4 is 19.1 Å². The van der Waals surface area contributed by atoms with Crippen LogP contribution in [0.25, 0.3) is 0 Å². The number of hydrogen-bond acceptors (Lipinski definition) is 5. The summed E-state index contributed by atoms with van der Waals surface area (Å²) in [4.78, 5) is 12.9. The number of nitrogens with zero attached hydrogens (tertiary/aromatic N) is 1. The number of rotatable bonds is 10. The molecule has 0 aromatic heterocycles. The number of benzene rings is 3. The lowest BCUT2D eigenvalue weighted by molar-refractivity contribution is -0.114. The monoisotopic (exact) mass is 454 g/mol. The molecule has 0 spiro atoms. The molecular formula is C24H26N2O5S. The molecule has 0 saturated carbocycles. The van der Waals surface area contributed by atoms with E-state index < -0.39 is 22.5 Å². The molecule has 1 N–H and O–H groups in total. The third-order valence-electron chi connectivity index (χ3n) is 4.50. The number of carbonyl (C=O) groups excluding carboxylic acids is 1. The van der Waals surface area contributed by atoms with Crippen LogP contribution in [0.2, 0.25) is 0 Å². The van der Waals surface area contributed by atoms with Crippen LogP contribution in [0.15, 0.2) is 83.8 Å². The zero-order valence-corrected chi connectivity index (χ0v) is 18.8. The van der Waals surface area contributed by atoms with E-state index in [0.717, 1.165) is 4.31 Å². The highest BCUT2D eigenvalue weighted by Gasteiger charge is 2.29. The molecule has 0 saturated heterocycles. The van der Waals surface area contributed by atoms with E-state index in [1.54, 1.807) is 66.7 Å². The van der Waals surface area contributed by atoms with E-state index in [-0.39, 0.29) is 4.90 Å². The van der Waals surface area contributed by atoms with E-state index in [2.05, 4.69) is 5.32 Å². The second kappa shape index (κ2) is 10.7. The molecule has 3 aromatic carbocycles. The Hall–Kier alpha value is -3.52. The zero-order chi connectivity index (χ0) is 23.0. The number of amides is 1. The van der Waals surface area contributed by atoms with Crippen LogP contribution in [-0.2, 0) is 14.8 Å². The fourth-order valence-corrected chi connectivity index (χ4v) is 4.54. The predicted molar refractivity (Wildman–Crippen MR) is 125 cm³/mol. The van der Waals surface area contributed by atoms with Gasteiger partial charge in [0, 0.05) is 5.69 Å². The average Bonchev–Trinajstić information content (AvgIpc) is 2.80. The lowest BCUT2D eigenvalue weighted by atomic mass is 10.3. The molecule has 1 amide bonds. The highest BCUT2D eigenvalue weighted by Crippen LogP contribution is 2.32. The molecule has 32 heavy (non-hydrogen) atoms. The van der Waals surface area contributed by atoms with Gasteiger partial charge in [-0.15, -0.1) is 0 Å². The molecular weight excluding hydrogens is 428 g/mol. The molecule has 0 aliphatic carbocycles. The van der Waals surface area contributed by atoms with Crippen LogP contribution in [0.3, 0.4) is 0 Å². The van der Waals surface area contributed by atoms with Crippen molar-refractivity contribution < 1.29 is 22.7 Å². The maximum Gasteiger partial charge on any atom is 0.264 e. The predicted octanol–water partition coefficient (Wildman–Crippen LogP) is 4.32. The molecule has 0 fully saturated rings. The van der Waals surface area contributed by atoms with Crippen molar-refractivity contribution in [3.05, 3.63) is 78.9 Å². The van der Waals surface area contributed by atoms with Crippen LogP contribution in [0.1, 0.15) is 13.8 Å². The van der Waals surface area contributed by atoms with Crippen molar-refractivity contribution in [2.45, 2.75) is 18.7 Å². The normalized spacial score (nSPS) is 10.9. The van der Waals surface area contributed by atoms with Gasteiger partial charge >= 0.3 is 0 Å². The van der Waals surface area contributed by atoms with Gasteiger partial charge in [-0.2, -0.15) is 0 Å². The standard InChI is InChI=1S/C24H26N2O5S/c1-3-30-20-16-14-19(15-17-20)25-24(27)18-26(22-12-8-9-13-23(22)31-4-2)32(28,29)21-10-6-5-7-11-21/h5-17H,3-4,18H2,1-2H3,(H,25,27). The van der Waals surface area contributed by atoms with Gasteiger partial charge in [0.2, 0.25) is 5.91 Å². The molecule has 0 radical (unpaired) electrons. The highest BCUT2D eigenvalue weighted by atomic mass is 32.2. The first-order chi connectivity index (χ1) is 15.5. The van der Waals surface area contributed by atoms with Gasteiger partial charge in [0.25, 0.3) is 10.0 Å². The van der Waals surface area contributed by atoms with Gasteiger partial charge in [0.1, 0.15) is 18.0 Å². The number of carbonyl (C=O) groups is 1. The van der Waals surface area contributed by atoms with Crippen molar-refractivity contribution >= 4 is 27.3 Å². The molecule has 3 rings (SSSR count). The molecule has 0 unspecified atom stereocenters. The fourth-order valence-electron chi connectivity index (χ4n) is 3.09. The molecule has 0 bridgehead atoms. The molecule has 168 valence electrons. The minimum atomic E-state index is -4.02. The number of sulfonamides is 1. The maximum absolute atomic E-state index is 13.5. The number of hydrogen-bond donors (Lipinski definition) is 1. The van der Waals surface area contributed by atoms with E-state index in [1.165, 1.54) is 12.1 Å². The van der Waals surface area contributed by atoms with Gasteiger partial charge in [0.15, 0.2) is 0 Å². The average molecular weight is 455 g/mol. The Morgan fingerprint density at radius 2 is 1.47 bits per heavy atom. The second-order valence-corrected chi connectivity index (χ2v) is 8.59. The maximum atomic E-state index is 13.5. The Labute approximate surface area is 188 Å². The number of anilines is 2. The molecule has 3 aromatic rings. The number of para-hydroxylation sites is 2. The summed E-state index contributed by atoms with van der Waals surface area (Å²) in [5, 5.41) is 2.75. The molecule has 0 atom stereocenters. The highest BCUT2D eigenvalue weighted by molar-refractivity contribution is 7.92. The van der Waals surface area contributed by atoms with Gasteiger partial charge in [0.05, 0.1) is 23.8 Å². The van der Waals surface area contributed by atoms with Gasteiger partial charge in [-0.25, -0.2) is 8.42 Å². The lowest BCUT2D eigenvalue weighted by Gasteiger charge is -2.26.